The minimum Gasteiger partial charge on any atom is -0.462 e. The van der Waals surface area contributed by atoms with E-state index in [4.69, 9.17) is 4.74 Å². The molecule has 1 aromatic carbocycles. The topological polar surface area (TPSA) is 46.5 Å². The van der Waals surface area contributed by atoms with E-state index in [0.717, 1.165) is 5.56 Å². The van der Waals surface area contributed by atoms with E-state index in [0.29, 0.717) is 12.2 Å². The van der Waals surface area contributed by atoms with Crippen molar-refractivity contribution >= 4 is 28.6 Å². The maximum atomic E-state index is 11.3. The van der Waals surface area contributed by atoms with Crippen molar-refractivity contribution in [3.05, 3.63) is 35.4 Å². The molecular weight excluding hydrogens is 307 g/mol. The summed E-state index contributed by atoms with van der Waals surface area (Å²) in [4.78, 5) is 11.3. The monoisotopic (exact) mass is 320 g/mol. The number of halogens is 1. The van der Waals surface area contributed by atoms with Gasteiger partial charge in [-0.05, 0) is 54.1 Å². The van der Waals surface area contributed by atoms with Gasteiger partial charge >= 0.3 is 5.97 Å². The van der Waals surface area contributed by atoms with E-state index in [2.05, 4.69) is 0 Å². The van der Waals surface area contributed by atoms with Crippen molar-refractivity contribution in [3.8, 4) is 0 Å². The molecule has 1 aromatic rings. The molecule has 0 amide bonds. The van der Waals surface area contributed by atoms with Gasteiger partial charge in [-0.15, -0.1) is 0 Å². The summed E-state index contributed by atoms with van der Waals surface area (Å²) >= 11 is 1.93. The van der Waals surface area contributed by atoms with Crippen LogP contribution in [0.1, 0.15) is 29.8 Å². The third-order valence-corrected chi connectivity index (χ3v) is 2.55. The first kappa shape index (κ1) is 12.4. The SMILES string of the molecule is CCOC(=O)c1ccc(C(C)(O)I)cc1. The maximum Gasteiger partial charge on any atom is 0.338 e. The van der Waals surface area contributed by atoms with Crippen molar-refractivity contribution in [1.82, 2.24) is 0 Å². The second-order valence-electron chi connectivity index (χ2n) is 3.25. The number of carbonyl (C=O) groups excluding carboxylic acids is 1. The van der Waals surface area contributed by atoms with Crippen molar-refractivity contribution < 1.29 is 14.6 Å². The lowest BCUT2D eigenvalue weighted by molar-refractivity contribution is 0.0526. The average molecular weight is 320 g/mol. The van der Waals surface area contributed by atoms with Crippen LogP contribution in [0.25, 0.3) is 0 Å². The predicted molar refractivity (Wildman–Crippen MR) is 66.0 cm³/mol. The van der Waals surface area contributed by atoms with Crippen LogP contribution in [0.4, 0.5) is 0 Å². The van der Waals surface area contributed by atoms with E-state index >= 15 is 0 Å². The van der Waals surface area contributed by atoms with Crippen LogP contribution in [0.15, 0.2) is 24.3 Å². The molecule has 0 aromatic heterocycles. The highest BCUT2D eigenvalue weighted by Gasteiger charge is 2.18. The first-order valence-corrected chi connectivity index (χ1v) is 5.72. The van der Waals surface area contributed by atoms with Gasteiger partial charge in [0.25, 0.3) is 0 Å². The molecule has 15 heavy (non-hydrogen) atoms. The van der Waals surface area contributed by atoms with Crippen LogP contribution in [0.2, 0.25) is 0 Å². The number of aliphatic hydroxyl groups is 1. The summed E-state index contributed by atoms with van der Waals surface area (Å²) in [6, 6.07) is 6.75. The Kier molecular flexibility index (Phi) is 4.10. The molecule has 0 aliphatic heterocycles. The molecule has 4 heteroatoms. The highest BCUT2D eigenvalue weighted by Crippen LogP contribution is 2.27. The van der Waals surface area contributed by atoms with Gasteiger partial charge in [0, 0.05) is 0 Å². The highest BCUT2D eigenvalue weighted by atomic mass is 127. The van der Waals surface area contributed by atoms with Gasteiger partial charge in [0.15, 0.2) is 0 Å². The van der Waals surface area contributed by atoms with Gasteiger partial charge in [-0.2, -0.15) is 0 Å². The Hall–Kier alpha value is -0.620. The fraction of sp³-hybridized carbons (Fsp3) is 0.364. The van der Waals surface area contributed by atoms with Gasteiger partial charge in [-0.1, -0.05) is 12.1 Å². The minimum atomic E-state index is -0.912. The van der Waals surface area contributed by atoms with Crippen molar-refractivity contribution in [3.63, 3.8) is 0 Å². The van der Waals surface area contributed by atoms with E-state index in [1.54, 1.807) is 38.1 Å². The van der Waals surface area contributed by atoms with Gasteiger partial charge in [0.1, 0.15) is 3.61 Å². The molecule has 0 saturated heterocycles. The molecule has 0 aliphatic carbocycles. The number of hydrogen-bond donors (Lipinski definition) is 1. The third-order valence-electron chi connectivity index (χ3n) is 1.92. The molecule has 0 saturated carbocycles. The van der Waals surface area contributed by atoms with Crippen molar-refractivity contribution in [2.24, 2.45) is 0 Å². The van der Waals surface area contributed by atoms with Crippen LogP contribution in [0.3, 0.4) is 0 Å². The number of rotatable bonds is 3. The van der Waals surface area contributed by atoms with Crippen LogP contribution < -0.4 is 0 Å². The van der Waals surface area contributed by atoms with Crippen molar-refractivity contribution in [2.75, 3.05) is 6.61 Å². The zero-order valence-electron chi connectivity index (χ0n) is 8.66. The molecule has 82 valence electrons. The number of carbonyl (C=O) groups is 1. The minimum absolute atomic E-state index is 0.336. The lowest BCUT2D eigenvalue weighted by Crippen LogP contribution is -2.11. The summed E-state index contributed by atoms with van der Waals surface area (Å²) in [5, 5.41) is 9.69. The summed E-state index contributed by atoms with van der Waals surface area (Å²) in [5.74, 6) is -0.336. The van der Waals surface area contributed by atoms with Crippen molar-refractivity contribution in [1.29, 1.82) is 0 Å². The molecule has 0 bridgehead atoms. The summed E-state index contributed by atoms with van der Waals surface area (Å²) < 4.78 is 3.94. The summed E-state index contributed by atoms with van der Waals surface area (Å²) in [5.41, 5.74) is 1.26. The Bertz CT molecular complexity index is 338. The highest BCUT2D eigenvalue weighted by molar-refractivity contribution is 14.1. The Morgan fingerprint density at radius 3 is 2.40 bits per heavy atom. The van der Waals surface area contributed by atoms with E-state index in [1.165, 1.54) is 0 Å². The summed E-state index contributed by atoms with van der Waals surface area (Å²) in [7, 11) is 0. The zero-order chi connectivity index (χ0) is 11.5. The third kappa shape index (κ3) is 3.46. The lowest BCUT2D eigenvalue weighted by atomic mass is 10.1. The molecule has 0 radical (unpaired) electrons. The van der Waals surface area contributed by atoms with Crippen LogP contribution in [0, 0.1) is 0 Å². The number of benzene rings is 1. The summed E-state index contributed by atoms with van der Waals surface area (Å²) in [6.07, 6.45) is 0. The van der Waals surface area contributed by atoms with Crippen molar-refractivity contribution in [2.45, 2.75) is 17.5 Å². The summed E-state index contributed by atoms with van der Waals surface area (Å²) in [6.45, 7) is 3.82. The molecule has 1 atom stereocenters. The van der Waals surface area contributed by atoms with Gasteiger partial charge in [-0.3, -0.25) is 0 Å². The quantitative estimate of drug-likeness (QED) is 0.529. The molecule has 0 spiro atoms. The number of esters is 1. The second kappa shape index (κ2) is 4.94. The number of alkyl halides is 1. The number of hydrogen-bond acceptors (Lipinski definition) is 3. The lowest BCUT2D eigenvalue weighted by Gasteiger charge is -2.15. The van der Waals surface area contributed by atoms with Crippen LogP contribution >= 0.6 is 22.6 Å². The molecule has 0 heterocycles. The molecular formula is C11H13IO3. The number of ether oxygens (including phenoxy) is 1. The first-order chi connectivity index (χ1) is 6.95. The standard InChI is InChI=1S/C11H13IO3/c1-3-15-10(13)8-4-6-9(7-5-8)11(2,12)14/h4-7,14H,3H2,1-2H3. The van der Waals surface area contributed by atoms with E-state index in [9.17, 15) is 9.90 Å². The Morgan fingerprint density at radius 1 is 1.47 bits per heavy atom. The molecule has 0 fully saturated rings. The van der Waals surface area contributed by atoms with Crippen LogP contribution in [0.5, 0.6) is 0 Å². The smallest absolute Gasteiger partial charge is 0.338 e. The average Bonchev–Trinajstić information content (AvgIpc) is 2.17. The first-order valence-electron chi connectivity index (χ1n) is 4.64. The fourth-order valence-electron chi connectivity index (χ4n) is 1.12. The Labute approximate surface area is 103 Å². The maximum absolute atomic E-state index is 11.3. The fourth-order valence-corrected chi connectivity index (χ4v) is 1.48. The van der Waals surface area contributed by atoms with Gasteiger partial charge in [0.05, 0.1) is 12.2 Å². The van der Waals surface area contributed by atoms with Crippen LogP contribution in [-0.4, -0.2) is 17.7 Å². The van der Waals surface area contributed by atoms with Gasteiger partial charge in [0.2, 0.25) is 0 Å². The normalized spacial score (nSPS) is 14.4. The van der Waals surface area contributed by atoms with E-state index < -0.39 is 3.61 Å². The zero-order valence-corrected chi connectivity index (χ0v) is 10.8. The molecule has 1 unspecified atom stereocenters. The van der Waals surface area contributed by atoms with Crippen LogP contribution in [-0.2, 0) is 8.34 Å². The van der Waals surface area contributed by atoms with Gasteiger partial charge < -0.3 is 9.84 Å². The van der Waals surface area contributed by atoms with E-state index in [1.807, 2.05) is 22.6 Å². The Morgan fingerprint density at radius 2 is 2.00 bits per heavy atom. The molecule has 1 rings (SSSR count). The second-order valence-corrected chi connectivity index (χ2v) is 5.35. The molecule has 0 aliphatic rings. The largest absolute Gasteiger partial charge is 0.462 e. The van der Waals surface area contributed by atoms with Gasteiger partial charge in [-0.25, -0.2) is 4.79 Å². The Balaban J connectivity index is 2.86. The molecule has 3 nitrogen and oxygen atoms in total. The van der Waals surface area contributed by atoms with E-state index in [-0.39, 0.29) is 5.97 Å². The predicted octanol–water partition coefficient (Wildman–Crippen LogP) is 2.46. The molecule has 1 N–H and O–H groups in total.